The molecule has 1 N–H and O–H groups in total. The summed E-state index contributed by atoms with van der Waals surface area (Å²) in [6.07, 6.45) is 0. The third-order valence-electron chi connectivity index (χ3n) is 3.88. The molecule has 0 saturated heterocycles. The molecule has 22 heavy (non-hydrogen) atoms. The second-order valence-electron chi connectivity index (χ2n) is 5.25. The highest BCUT2D eigenvalue weighted by molar-refractivity contribution is 6.17. The Balaban J connectivity index is 2.35. The molecule has 0 unspecified atom stereocenters. The van der Waals surface area contributed by atoms with Crippen molar-refractivity contribution in [3.63, 3.8) is 0 Å². The number of carbonyl (C=O) groups is 1. The van der Waals surface area contributed by atoms with Crippen LogP contribution in [0, 0.1) is 6.92 Å². The molecule has 4 rings (SSSR count). The van der Waals surface area contributed by atoms with Crippen LogP contribution in [0.4, 0.5) is 0 Å². The van der Waals surface area contributed by atoms with Crippen molar-refractivity contribution in [1.82, 2.24) is 4.98 Å². The fourth-order valence-corrected chi connectivity index (χ4v) is 2.87. The van der Waals surface area contributed by atoms with Crippen LogP contribution in [0.3, 0.4) is 0 Å². The fourth-order valence-electron chi connectivity index (χ4n) is 2.87. The highest BCUT2D eigenvalue weighted by Crippen LogP contribution is 2.33. The molecule has 0 aliphatic rings. The van der Waals surface area contributed by atoms with Gasteiger partial charge in [0.25, 0.3) is 0 Å². The third kappa shape index (κ3) is 1.59. The van der Waals surface area contributed by atoms with Crippen molar-refractivity contribution in [3.8, 4) is 0 Å². The standard InChI is InChI=1S/C17H11NO4/c1-8-3-2-4-11-13(17(20)21)16-15(18-14(8)11)10-6-5-9(19)7-12(10)22-16/h2-7,18H,1H3,(H,20,21)/p-1. The topological polar surface area (TPSA) is 86.1 Å². The van der Waals surface area contributed by atoms with Crippen LogP contribution < -0.4 is 10.5 Å². The maximum absolute atomic E-state index is 11.6. The number of carbonyl (C=O) groups excluding carboxylic acids is 1. The fraction of sp³-hybridized carbons (Fsp3) is 0.0588. The van der Waals surface area contributed by atoms with E-state index in [0.29, 0.717) is 27.4 Å². The molecular weight excluding hydrogens is 282 g/mol. The summed E-state index contributed by atoms with van der Waals surface area (Å²) in [5.41, 5.74) is 2.53. The number of H-pyrrole nitrogens is 1. The Labute approximate surface area is 123 Å². The molecule has 4 aromatic rings. The van der Waals surface area contributed by atoms with Crippen LogP contribution >= 0.6 is 0 Å². The minimum Gasteiger partial charge on any atom is -0.545 e. The van der Waals surface area contributed by atoms with E-state index in [9.17, 15) is 14.7 Å². The third-order valence-corrected chi connectivity index (χ3v) is 3.88. The first-order chi connectivity index (χ1) is 10.6. The number of rotatable bonds is 1. The van der Waals surface area contributed by atoms with E-state index in [1.807, 2.05) is 13.0 Å². The second kappa shape index (κ2) is 4.21. The zero-order valence-electron chi connectivity index (χ0n) is 11.6. The van der Waals surface area contributed by atoms with E-state index in [-0.39, 0.29) is 16.6 Å². The van der Waals surface area contributed by atoms with Crippen LogP contribution in [0.15, 0.2) is 45.6 Å². The largest absolute Gasteiger partial charge is 0.545 e. The first kappa shape index (κ1) is 12.6. The van der Waals surface area contributed by atoms with Crippen LogP contribution in [-0.4, -0.2) is 11.0 Å². The molecule has 0 fully saturated rings. The quantitative estimate of drug-likeness (QED) is 0.582. The van der Waals surface area contributed by atoms with Crippen molar-refractivity contribution in [1.29, 1.82) is 0 Å². The van der Waals surface area contributed by atoms with Gasteiger partial charge in [0.05, 0.1) is 17.0 Å². The Bertz CT molecular complexity index is 1130. The summed E-state index contributed by atoms with van der Waals surface area (Å²) in [4.78, 5) is 26.3. The van der Waals surface area contributed by atoms with Gasteiger partial charge in [-0.05, 0) is 24.6 Å². The smallest absolute Gasteiger partial charge is 0.182 e. The van der Waals surface area contributed by atoms with E-state index in [1.54, 1.807) is 18.2 Å². The van der Waals surface area contributed by atoms with Gasteiger partial charge in [0.15, 0.2) is 11.0 Å². The van der Waals surface area contributed by atoms with Gasteiger partial charge in [0, 0.05) is 22.4 Å². The van der Waals surface area contributed by atoms with E-state index < -0.39 is 5.97 Å². The van der Waals surface area contributed by atoms with Crippen LogP contribution in [0.5, 0.6) is 0 Å². The second-order valence-corrected chi connectivity index (χ2v) is 5.25. The number of aromatic nitrogens is 1. The first-order valence-corrected chi connectivity index (χ1v) is 6.75. The Morgan fingerprint density at radius 1 is 1.14 bits per heavy atom. The molecule has 0 spiro atoms. The Kier molecular flexibility index (Phi) is 2.42. The number of hydrogen-bond donors (Lipinski definition) is 1. The van der Waals surface area contributed by atoms with Gasteiger partial charge < -0.3 is 19.3 Å². The maximum atomic E-state index is 11.6. The Morgan fingerprint density at radius 3 is 2.73 bits per heavy atom. The van der Waals surface area contributed by atoms with Crippen molar-refractivity contribution in [2.24, 2.45) is 0 Å². The molecule has 0 aliphatic heterocycles. The van der Waals surface area contributed by atoms with Gasteiger partial charge in [-0.1, -0.05) is 18.2 Å². The lowest BCUT2D eigenvalue weighted by atomic mass is 10.0. The predicted octanol–water partition coefficient (Wildman–Crippen LogP) is 2.10. The van der Waals surface area contributed by atoms with E-state index >= 15 is 0 Å². The van der Waals surface area contributed by atoms with E-state index in [2.05, 4.69) is 4.98 Å². The van der Waals surface area contributed by atoms with E-state index in [0.717, 1.165) is 5.56 Å². The highest BCUT2D eigenvalue weighted by Gasteiger charge is 2.16. The minimum absolute atomic E-state index is 0.00361. The van der Waals surface area contributed by atoms with Crippen molar-refractivity contribution < 1.29 is 14.3 Å². The molecular formula is C17H10NO4-. The number of nitrogens with one attached hydrogen (secondary N) is 1. The number of para-hydroxylation sites is 1. The van der Waals surface area contributed by atoms with E-state index in [1.165, 1.54) is 12.1 Å². The molecule has 2 aromatic heterocycles. The average molecular weight is 292 g/mol. The summed E-state index contributed by atoms with van der Waals surface area (Å²) in [5.74, 6) is -1.31. The van der Waals surface area contributed by atoms with Gasteiger partial charge in [-0.3, -0.25) is 4.79 Å². The predicted molar refractivity (Wildman–Crippen MR) is 80.9 cm³/mol. The Hall–Kier alpha value is -3.08. The lowest BCUT2D eigenvalue weighted by Crippen LogP contribution is -2.23. The van der Waals surface area contributed by atoms with Crippen LogP contribution in [-0.2, 0) is 0 Å². The van der Waals surface area contributed by atoms with Gasteiger partial charge in [-0.2, -0.15) is 0 Å². The number of benzene rings is 2. The molecule has 0 atom stereocenters. The van der Waals surface area contributed by atoms with Crippen LogP contribution in [0.2, 0.25) is 0 Å². The van der Waals surface area contributed by atoms with Crippen molar-refractivity contribution in [2.75, 3.05) is 0 Å². The molecule has 2 heterocycles. The number of furan rings is 1. The average Bonchev–Trinajstić information content (AvgIpc) is 2.82. The summed E-state index contributed by atoms with van der Waals surface area (Å²) in [5, 5.41) is 12.8. The van der Waals surface area contributed by atoms with Gasteiger partial charge in [0.1, 0.15) is 5.58 Å². The molecule has 0 aliphatic carbocycles. The SMILES string of the molecule is Cc1cccc2c(C(=O)[O-])c3oc4cc(=O)ccc4c3[nH]c12. The lowest BCUT2D eigenvalue weighted by molar-refractivity contribution is -0.254. The normalized spacial score (nSPS) is 11.5. The summed E-state index contributed by atoms with van der Waals surface area (Å²) >= 11 is 0. The number of aromatic carboxylic acids is 1. The molecule has 5 heteroatoms. The highest BCUT2D eigenvalue weighted by atomic mass is 16.4. The molecule has 2 aromatic carbocycles. The number of fused-ring (bicyclic) bond motifs is 4. The molecule has 0 amide bonds. The number of carboxylic acids is 1. The van der Waals surface area contributed by atoms with Gasteiger partial charge in [0.2, 0.25) is 0 Å². The molecule has 0 bridgehead atoms. The molecule has 108 valence electrons. The Morgan fingerprint density at radius 2 is 1.95 bits per heavy atom. The minimum atomic E-state index is -1.31. The van der Waals surface area contributed by atoms with Crippen molar-refractivity contribution in [2.45, 2.75) is 6.92 Å². The lowest BCUT2D eigenvalue weighted by Gasteiger charge is -2.10. The van der Waals surface area contributed by atoms with Gasteiger partial charge in [-0.25, -0.2) is 0 Å². The molecule has 0 radical (unpaired) electrons. The summed E-state index contributed by atoms with van der Waals surface area (Å²) in [6, 6.07) is 9.77. The number of carboxylic acid groups (broad SMARTS) is 1. The summed E-state index contributed by atoms with van der Waals surface area (Å²) in [6.45, 7) is 1.89. The zero-order chi connectivity index (χ0) is 15.4. The van der Waals surface area contributed by atoms with Gasteiger partial charge in [-0.15, -0.1) is 0 Å². The summed E-state index contributed by atoms with van der Waals surface area (Å²) < 4.78 is 5.62. The van der Waals surface area contributed by atoms with E-state index in [4.69, 9.17) is 4.42 Å². The zero-order valence-corrected chi connectivity index (χ0v) is 11.6. The van der Waals surface area contributed by atoms with Crippen LogP contribution in [0.25, 0.3) is 33.0 Å². The number of hydrogen-bond acceptors (Lipinski definition) is 4. The van der Waals surface area contributed by atoms with Crippen LogP contribution in [0.1, 0.15) is 15.9 Å². The maximum Gasteiger partial charge on any atom is 0.182 e. The first-order valence-electron chi connectivity index (χ1n) is 6.75. The number of aryl methyl sites for hydroxylation is 1. The van der Waals surface area contributed by atoms with Gasteiger partial charge >= 0.3 is 0 Å². The number of aromatic amines is 1. The van der Waals surface area contributed by atoms with Crippen molar-refractivity contribution >= 4 is 38.9 Å². The summed E-state index contributed by atoms with van der Waals surface area (Å²) in [7, 11) is 0. The molecule has 0 saturated carbocycles. The molecule has 5 nitrogen and oxygen atoms in total. The monoisotopic (exact) mass is 292 g/mol. The van der Waals surface area contributed by atoms with Crippen molar-refractivity contribution in [3.05, 3.63) is 57.7 Å². The number of pyridine rings is 1.